The Morgan fingerprint density at radius 2 is 1.84 bits per heavy atom. The van der Waals surface area contributed by atoms with Crippen molar-refractivity contribution in [1.82, 2.24) is 5.43 Å². The monoisotopic (exact) mass is 334 g/mol. The van der Waals surface area contributed by atoms with Crippen molar-refractivity contribution >= 4 is 28.6 Å². The zero-order chi connectivity index (χ0) is 17.8. The van der Waals surface area contributed by atoms with Gasteiger partial charge in [0.05, 0.1) is 11.1 Å². The molecule has 1 N–H and O–H groups in total. The van der Waals surface area contributed by atoms with Gasteiger partial charge in [-0.05, 0) is 22.6 Å². The van der Waals surface area contributed by atoms with Gasteiger partial charge in [0, 0.05) is 17.2 Å². The summed E-state index contributed by atoms with van der Waals surface area (Å²) >= 11 is 0. The highest BCUT2D eigenvalue weighted by Gasteiger charge is 2.09. The lowest BCUT2D eigenvalue weighted by Gasteiger charge is -2.06. The first-order valence-corrected chi connectivity index (χ1v) is 7.33. The van der Waals surface area contributed by atoms with Crippen molar-refractivity contribution in [3.8, 4) is 5.75 Å². The van der Waals surface area contributed by atoms with Crippen LogP contribution in [-0.4, -0.2) is 17.0 Å². The number of nitro groups is 1. The summed E-state index contributed by atoms with van der Waals surface area (Å²) in [5.74, 6) is -1.08. The molecule has 0 unspecified atom stereocenters. The number of benzene rings is 3. The number of nitrogens with zero attached hydrogens (tertiary/aromatic N) is 2. The smallest absolute Gasteiger partial charge is 0.271 e. The van der Waals surface area contributed by atoms with E-state index >= 15 is 0 Å². The maximum Gasteiger partial charge on any atom is 0.271 e. The lowest BCUT2D eigenvalue weighted by atomic mass is 10.0. The zero-order valence-electron chi connectivity index (χ0n) is 12.9. The highest BCUT2D eigenvalue weighted by Crippen LogP contribution is 2.23. The first kappa shape index (κ1) is 16.1. The van der Waals surface area contributed by atoms with Crippen molar-refractivity contribution in [3.05, 3.63) is 81.9 Å². The maximum atomic E-state index is 12.3. The topological polar surface area (TPSA) is 108 Å². The van der Waals surface area contributed by atoms with Gasteiger partial charge in [0.25, 0.3) is 11.6 Å². The van der Waals surface area contributed by atoms with Crippen LogP contribution in [0.5, 0.6) is 5.75 Å². The molecule has 0 saturated carbocycles. The minimum Gasteiger partial charge on any atom is -0.868 e. The Morgan fingerprint density at radius 1 is 1.08 bits per heavy atom. The summed E-state index contributed by atoms with van der Waals surface area (Å²) in [7, 11) is 0. The summed E-state index contributed by atoms with van der Waals surface area (Å²) in [6.07, 6.45) is 1.25. The van der Waals surface area contributed by atoms with E-state index < -0.39 is 22.3 Å². The van der Waals surface area contributed by atoms with Crippen LogP contribution in [0.3, 0.4) is 0 Å². The molecular formula is C18H12N3O4-. The highest BCUT2D eigenvalue weighted by molar-refractivity contribution is 6.07. The molecule has 0 spiro atoms. The Bertz CT molecular complexity index is 993. The van der Waals surface area contributed by atoms with Gasteiger partial charge in [-0.1, -0.05) is 48.5 Å². The molecule has 0 fully saturated rings. The second-order valence-electron chi connectivity index (χ2n) is 5.21. The van der Waals surface area contributed by atoms with Gasteiger partial charge in [0.15, 0.2) is 0 Å². The summed E-state index contributed by atoms with van der Waals surface area (Å²) < 4.78 is 0. The predicted molar refractivity (Wildman–Crippen MR) is 91.6 cm³/mol. The largest absolute Gasteiger partial charge is 0.868 e. The van der Waals surface area contributed by atoms with Crippen LogP contribution < -0.4 is 10.5 Å². The molecule has 7 heteroatoms. The van der Waals surface area contributed by atoms with Crippen molar-refractivity contribution in [1.29, 1.82) is 0 Å². The Kier molecular flexibility index (Phi) is 4.38. The summed E-state index contributed by atoms with van der Waals surface area (Å²) in [6, 6.07) is 16.4. The van der Waals surface area contributed by atoms with Crippen LogP contribution in [0.2, 0.25) is 0 Å². The minimum absolute atomic E-state index is 0.338. The average Bonchev–Trinajstić information content (AvgIpc) is 2.62. The zero-order valence-corrected chi connectivity index (χ0v) is 12.9. The molecule has 7 nitrogen and oxygen atoms in total. The molecule has 0 radical (unpaired) electrons. The average molecular weight is 334 g/mol. The fourth-order valence-electron chi connectivity index (χ4n) is 2.41. The number of hydrogen-bond acceptors (Lipinski definition) is 5. The Labute approximate surface area is 142 Å². The van der Waals surface area contributed by atoms with Gasteiger partial charge in [-0.2, -0.15) is 5.10 Å². The van der Waals surface area contributed by atoms with E-state index in [9.17, 15) is 20.0 Å². The molecule has 0 bridgehead atoms. The van der Waals surface area contributed by atoms with E-state index in [1.165, 1.54) is 12.3 Å². The Morgan fingerprint density at radius 3 is 2.64 bits per heavy atom. The molecule has 0 saturated heterocycles. The highest BCUT2D eigenvalue weighted by atomic mass is 16.6. The molecule has 0 aliphatic rings. The molecule has 124 valence electrons. The van der Waals surface area contributed by atoms with Gasteiger partial charge in [-0.15, -0.1) is 0 Å². The third-order valence-corrected chi connectivity index (χ3v) is 3.59. The molecule has 0 aliphatic carbocycles. The Balaban J connectivity index is 1.79. The van der Waals surface area contributed by atoms with Crippen LogP contribution in [-0.2, 0) is 0 Å². The summed E-state index contributed by atoms with van der Waals surface area (Å²) in [5.41, 5.74) is 2.65. The fraction of sp³-hybridized carbons (Fsp3) is 0. The van der Waals surface area contributed by atoms with Gasteiger partial charge in [0.2, 0.25) is 0 Å². The normalized spacial score (nSPS) is 10.9. The van der Waals surface area contributed by atoms with E-state index in [-0.39, 0.29) is 0 Å². The van der Waals surface area contributed by atoms with Crippen LogP contribution in [0.1, 0.15) is 15.9 Å². The van der Waals surface area contributed by atoms with Crippen LogP contribution in [0.4, 0.5) is 5.69 Å². The van der Waals surface area contributed by atoms with E-state index in [4.69, 9.17) is 0 Å². The van der Waals surface area contributed by atoms with Gasteiger partial charge < -0.3 is 5.11 Å². The second-order valence-corrected chi connectivity index (χ2v) is 5.21. The fourth-order valence-corrected chi connectivity index (χ4v) is 2.41. The molecular weight excluding hydrogens is 322 g/mol. The Hall–Kier alpha value is -3.74. The number of hydrazone groups is 1. The van der Waals surface area contributed by atoms with Crippen molar-refractivity contribution in [2.75, 3.05) is 0 Å². The molecule has 0 heterocycles. The summed E-state index contributed by atoms with van der Waals surface area (Å²) in [6.45, 7) is 0. The third-order valence-electron chi connectivity index (χ3n) is 3.59. The number of rotatable bonds is 4. The van der Waals surface area contributed by atoms with Gasteiger partial charge in [-0.3, -0.25) is 14.9 Å². The van der Waals surface area contributed by atoms with Crippen molar-refractivity contribution in [2.45, 2.75) is 0 Å². The second kappa shape index (κ2) is 6.79. The summed E-state index contributed by atoms with van der Waals surface area (Å²) in [5, 5.41) is 27.6. The molecule has 0 aromatic heterocycles. The van der Waals surface area contributed by atoms with Crippen LogP contribution in [0.15, 0.2) is 65.8 Å². The predicted octanol–water partition coefficient (Wildman–Crippen LogP) is 2.59. The molecule has 3 aromatic rings. The minimum atomic E-state index is -0.756. The molecule has 1 amide bonds. The number of fused-ring (bicyclic) bond motifs is 1. The lowest BCUT2D eigenvalue weighted by Crippen LogP contribution is -2.17. The lowest BCUT2D eigenvalue weighted by molar-refractivity contribution is -0.398. The molecule has 0 aliphatic heterocycles. The quantitative estimate of drug-likeness (QED) is 0.449. The number of carbonyl (C=O) groups excluding carboxylic acids is 1. The van der Waals surface area contributed by atoms with E-state index in [1.807, 2.05) is 30.3 Å². The van der Waals surface area contributed by atoms with Gasteiger partial charge in [-0.25, -0.2) is 5.43 Å². The number of nitro benzene ring substituents is 1. The first-order chi connectivity index (χ1) is 12.1. The van der Waals surface area contributed by atoms with Crippen molar-refractivity contribution in [2.24, 2.45) is 5.10 Å². The summed E-state index contributed by atoms with van der Waals surface area (Å²) in [4.78, 5) is 22.3. The van der Waals surface area contributed by atoms with Gasteiger partial charge in [0.1, 0.15) is 0 Å². The van der Waals surface area contributed by atoms with Crippen molar-refractivity contribution < 1.29 is 14.8 Å². The van der Waals surface area contributed by atoms with Gasteiger partial charge >= 0.3 is 0 Å². The van der Waals surface area contributed by atoms with Crippen LogP contribution in [0.25, 0.3) is 10.8 Å². The molecule has 0 atom stereocenters. The maximum absolute atomic E-state index is 12.3. The van der Waals surface area contributed by atoms with Crippen molar-refractivity contribution in [3.63, 3.8) is 0 Å². The van der Waals surface area contributed by atoms with E-state index in [0.29, 0.717) is 11.1 Å². The standard InChI is InChI=1S/C18H13N3O4/c22-17-9-8-12(10-16(17)21(24)25)11-19-20-18(23)15-7-3-5-13-4-1-2-6-14(13)15/h1-11,22H,(H,20,23)/p-1/b19-11-. The molecule has 25 heavy (non-hydrogen) atoms. The molecule has 3 rings (SSSR count). The van der Waals surface area contributed by atoms with E-state index in [2.05, 4.69) is 10.5 Å². The molecule has 3 aromatic carbocycles. The van der Waals surface area contributed by atoms with Crippen LogP contribution in [0, 0.1) is 10.1 Å². The number of hydrogen-bond donors (Lipinski definition) is 1. The number of amides is 1. The third kappa shape index (κ3) is 3.45. The SMILES string of the molecule is O=C(N/N=C\c1ccc([O-])c([N+](=O)[O-])c1)c1cccc2ccccc12. The van der Waals surface area contributed by atoms with Crippen LogP contribution >= 0.6 is 0 Å². The van der Waals surface area contributed by atoms with E-state index in [1.54, 1.807) is 12.1 Å². The first-order valence-electron chi connectivity index (χ1n) is 7.33. The van der Waals surface area contributed by atoms with E-state index in [0.717, 1.165) is 22.9 Å². The number of carbonyl (C=O) groups is 1. The number of nitrogens with one attached hydrogen (secondary N) is 1.